The van der Waals surface area contributed by atoms with Gasteiger partial charge in [0.15, 0.2) is 11.5 Å². The Balaban J connectivity index is 1.59. The molecule has 6 nitrogen and oxygen atoms in total. The highest BCUT2D eigenvalue weighted by molar-refractivity contribution is 7.17. The van der Waals surface area contributed by atoms with Crippen molar-refractivity contribution in [3.63, 3.8) is 0 Å². The number of H-pyrrole nitrogens is 1. The number of aromatic nitrogens is 2. The van der Waals surface area contributed by atoms with Gasteiger partial charge in [0, 0.05) is 28.1 Å². The molecule has 0 atom stereocenters. The number of hydrogen-bond acceptors (Lipinski definition) is 6. The fraction of sp³-hybridized carbons (Fsp3) is 0.217. The van der Waals surface area contributed by atoms with Crippen LogP contribution in [0.25, 0.3) is 21.3 Å². The van der Waals surface area contributed by atoms with Crippen molar-refractivity contribution in [2.45, 2.75) is 13.1 Å². The highest BCUT2D eigenvalue weighted by Gasteiger charge is 2.15. The molecule has 0 aliphatic heterocycles. The first-order valence-corrected chi connectivity index (χ1v) is 10.9. The average Bonchev–Trinajstić information content (AvgIpc) is 3.18. The summed E-state index contributed by atoms with van der Waals surface area (Å²) < 4.78 is 10.9. The minimum absolute atomic E-state index is 0.140. The molecule has 4 rings (SSSR count). The summed E-state index contributed by atoms with van der Waals surface area (Å²) in [5.41, 5.74) is 2.66. The number of thiophene rings is 1. The van der Waals surface area contributed by atoms with Gasteiger partial charge in [0.25, 0.3) is 5.56 Å². The van der Waals surface area contributed by atoms with Gasteiger partial charge in [0.1, 0.15) is 10.7 Å². The third kappa shape index (κ3) is 4.44. The van der Waals surface area contributed by atoms with E-state index in [0.29, 0.717) is 40.8 Å². The molecule has 0 aliphatic carbocycles. The van der Waals surface area contributed by atoms with E-state index in [9.17, 15) is 4.79 Å². The third-order valence-electron chi connectivity index (χ3n) is 4.99. The number of hydrogen-bond donors (Lipinski definition) is 1. The number of aromatic amines is 1. The molecule has 0 radical (unpaired) electrons. The second-order valence-corrected chi connectivity index (χ2v) is 8.47. The molecular weight excluding hydrogens is 434 g/mol. The molecule has 4 aromatic rings. The van der Waals surface area contributed by atoms with Crippen molar-refractivity contribution < 1.29 is 9.47 Å². The van der Waals surface area contributed by atoms with Gasteiger partial charge in [-0.05, 0) is 30.8 Å². The Hall–Kier alpha value is -2.87. The van der Waals surface area contributed by atoms with Crippen LogP contribution >= 0.6 is 22.9 Å². The van der Waals surface area contributed by atoms with E-state index in [0.717, 1.165) is 21.5 Å². The summed E-state index contributed by atoms with van der Waals surface area (Å²) in [6.07, 6.45) is 0. The lowest BCUT2D eigenvalue weighted by molar-refractivity contribution is 0.297. The van der Waals surface area contributed by atoms with Crippen molar-refractivity contribution in [1.29, 1.82) is 0 Å². The van der Waals surface area contributed by atoms with E-state index < -0.39 is 0 Å². The minimum atomic E-state index is -0.140. The summed E-state index contributed by atoms with van der Waals surface area (Å²) >= 11 is 7.45. The van der Waals surface area contributed by atoms with Crippen LogP contribution in [0.2, 0.25) is 5.02 Å². The van der Waals surface area contributed by atoms with Crippen LogP contribution in [-0.2, 0) is 13.1 Å². The first-order chi connectivity index (χ1) is 15.0. The Kier molecular flexibility index (Phi) is 6.27. The van der Waals surface area contributed by atoms with Crippen LogP contribution in [0, 0.1) is 0 Å². The van der Waals surface area contributed by atoms with Gasteiger partial charge in [0.05, 0.1) is 26.2 Å². The Morgan fingerprint density at radius 3 is 2.58 bits per heavy atom. The molecule has 160 valence electrons. The molecule has 1 N–H and O–H groups in total. The van der Waals surface area contributed by atoms with Gasteiger partial charge in [-0.3, -0.25) is 9.69 Å². The molecule has 2 aromatic carbocycles. The summed E-state index contributed by atoms with van der Waals surface area (Å²) in [7, 11) is 5.22. The fourth-order valence-electron chi connectivity index (χ4n) is 3.59. The Bertz CT molecular complexity index is 1270. The second-order valence-electron chi connectivity index (χ2n) is 7.17. The second kappa shape index (κ2) is 9.09. The van der Waals surface area contributed by atoms with Crippen LogP contribution < -0.4 is 15.0 Å². The van der Waals surface area contributed by atoms with Crippen LogP contribution in [0.3, 0.4) is 0 Å². The maximum absolute atomic E-state index is 12.9. The van der Waals surface area contributed by atoms with Gasteiger partial charge in [-0.25, -0.2) is 4.98 Å². The molecular formula is C23H22ClN3O3S. The summed E-state index contributed by atoms with van der Waals surface area (Å²) in [6.45, 7) is 1.10. The van der Waals surface area contributed by atoms with E-state index in [2.05, 4.69) is 9.88 Å². The molecule has 0 unspecified atom stereocenters. The molecule has 0 saturated heterocycles. The van der Waals surface area contributed by atoms with Gasteiger partial charge in [-0.15, -0.1) is 11.3 Å². The topological polar surface area (TPSA) is 67.5 Å². The first kappa shape index (κ1) is 21.4. The number of benzene rings is 2. The average molecular weight is 456 g/mol. The lowest BCUT2D eigenvalue weighted by Crippen LogP contribution is -2.22. The summed E-state index contributed by atoms with van der Waals surface area (Å²) in [6, 6.07) is 13.2. The maximum Gasteiger partial charge on any atom is 0.260 e. The van der Waals surface area contributed by atoms with Gasteiger partial charge in [-0.2, -0.15) is 0 Å². The van der Waals surface area contributed by atoms with Gasteiger partial charge in [0.2, 0.25) is 0 Å². The largest absolute Gasteiger partial charge is 0.493 e. The molecule has 0 spiro atoms. The number of methoxy groups -OCH3 is 2. The predicted molar refractivity (Wildman–Crippen MR) is 125 cm³/mol. The molecule has 0 fully saturated rings. The van der Waals surface area contributed by atoms with E-state index >= 15 is 0 Å². The summed E-state index contributed by atoms with van der Waals surface area (Å²) in [5.74, 6) is 2.01. The zero-order valence-electron chi connectivity index (χ0n) is 17.4. The Labute approximate surface area is 189 Å². The van der Waals surface area contributed by atoms with E-state index in [-0.39, 0.29) is 5.56 Å². The smallest absolute Gasteiger partial charge is 0.260 e. The maximum atomic E-state index is 12.9. The first-order valence-electron chi connectivity index (χ1n) is 9.65. The summed E-state index contributed by atoms with van der Waals surface area (Å²) in [5, 5.41) is 3.23. The van der Waals surface area contributed by atoms with E-state index in [4.69, 9.17) is 26.1 Å². The van der Waals surface area contributed by atoms with E-state index in [1.807, 2.05) is 54.9 Å². The molecule has 2 aromatic heterocycles. The number of ether oxygens (including phenoxy) is 2. The van der Waals surface area contributed by atoms with Crippen molar-refractivity contribution in [2.24, 2.45) is 0 Å². The Morgan fingerprint density at radius 1 is 1.10 bits per heavy atom. The SMILES string of the molecule is COc1cccc(CN(C)Cc2nc3scc(-c4ccc(Cl)cc4)c3c(=O)[nH]2)c1OC. The van der Waals surface area contributed by atoms with E-state index in [1.54, 1.807) is 14.2 Å². The van der Waals surface area contributed by atoms with Crippen LogP contribution in [0.1, 0.15) is 11.4 Å². The van der Waals surface area contributed by atoms with Crippen molar-refractivity contribution in [3.8, 4) is 22.6 Å². The third-order valence-corrected chi connectivity index (χ3v) is 6.12. The van der Waals surface area contributed by atoms with Gasteiger partial charge >= 0.3 is 0 Å². The lowest BCUT2D eigenvalue weighted by Gasteiger charge is -2.19. The highest BCUT2D eigenvalue weighted by atomic mass is 35.5. The lowest BCUT2D eigenvalue weighted by atomic mass is 10.1. The van der Waals surface area contributed by atoms with Crippen LogP contribution in [-0.4, -0.2) is 36.1 Å². The van der Waals surface area contributed by atoms with Crippen molar-refractivity contribution in [3.05, 3.63) is 74.6 Å². The zero-order valence-corrected chi connectivity index (χ0v) is 19.0. The number of halogens is 1. The number of para-hydroxylation sites is 1. The quantitative estimate of drug-likeness (QED) is 0.427. The molecule has 0 amide bonds. The van der Waals surface area contributed by atoms with Gasteiger partial charge < -0.3 is 14.5 Å². The number of fused-ring (bicyclic) bond motifs is 1. The number of nitrogens with zero attached hydrogens (tertiary/aromatic N) is 2. The molecule has 2 heterocycles. The molecule has 0 aliphatic rings. The normalized spacial score (nSPS) is 11.3. The standard InChI is InChI=1S/C23H22ClN3O3S/c1-27(11-15-5-4-6-18(29-2)21(15)30-3)12-19-25-22(28)20-17(13-31-23(20)26-19)14-7-9-16(24)10-8-14/h4-10,13H,11-12H2,1-3H3,(H,25,26,28). The van der Waals surface area contributed by atoms with Crippen LogP contribution in [0.4, 0.5) is 0 Å². The van der Waals surface area contributed by atoms with Gasteiger partial charge in [-0.1, -0.05) is 35.9 Å². The summed E-state index contributed by atoms with van der Waals surface area (Å²) in [4.78, 5) is 23.3. The molecule has 8 heteroatoms. The van der Waals surface area contributed by atoms with Crippen molar-refractivity contribution >= 4 is 33.2 Å². The Morgan fingerprint density at radius 2 is 1.87 bits per heavy atom. The van der Waals surface area contributed by atoms with Crippen LogP contribution in [0.5, 0.6) is 11.5 Å². The fourth-order valence-corrected chi connectivity index (χ4v) is 4.68. The molecule has 0 bridgehead atoms. The van der Waals surface area contributed by atoms with Crippen molar-refractivity contribution in [1.82, 2.24) is 14.9 Å². The molecule has 0 saturated carbocycles. The number of nitrogens with one attached hydrogen (secondary N) is 1. The minimum Gasteiger partial charge on any atom is -0.493 e. The molecule has 31 heavy (non-hydrogen) atoms. The highest BCUT2D eigenvalue weighted by Crippen LogP contribution is 2.32. The predicted octanol–water partition coefficient (Wildman–Crippen LogP) is 4.95. The van der Waals surface area contributed by atoms with Crippen molar-refractivity contribution in [2.75, 3.05) is 21.3 Å². The number of rotatable bonds is 7. The zero-order chi connectivity index (χ0) is 22.0. The van der Waals surface area contributed by atoms with Crippen LogP contribution in [0.15, 0.2) is 52.6 Å². The van der Waals surface area contributed by atoms with E-state index in [1.165, 1.54) is 11.3 Å². The monoisotopic (exact) mass is 455 g/mol.